The van der Waals surface area contributed by atoms with E-state index >= 15 is 0 Å². The number of nitrogens with one attached hydrogen (secondary N) is 2. The molecule has 0 spiro atoms. The maximum absolute atomic E-state index is 13.0. The molecule has 25 heavy (non-hydrogen) atoms. The molecule has 1 amide bonds. The van der Waals surface area contributed by atoms with E-state index in [-0.39, 0.29) is 5.56 Å². The molecule has 5 nitrogen and oxygen atoms in total. The molecule has 0 saturated heterocycles. The molecule has 0 heterocycles. The summed E-state index contributed by atoms with van der Waals surface area (Å²) >= 11 is 0. The van der Waals surface area contributed by atoms with E-state index in [0.29, 0.717) is 11.6 Å². The molecule has 0 radical (unpaired) electrons. The number of hydrogen-bond acceptors (Lipinski definition) is 3. The highest BCUT2D eigenvalue weighted by Gasteiger charge is 2.37. The Morgan fingerprint density at radius 3 is 2.28 bits per heavy atom. The minimum atomic E-state index is -4.84. The predicted molar refractivity (Wildman–Crippen MR) is 85.1 cm³/mol. The molecule has 0 aliphatic carbocycles. The van der Waals surface area contributed by atoms with Gasteiger partial charge in [0.05, 0.1) is 10.5 Å². The normalized spacial score (nSPS) is 12.0. The first kappa shape index (κ1) is 18.9. The highest BCUT2D eigenvalue weighted by atomic mass is 32.2. The summed E-state index contributed by atoms with van der Waals surface area (Å²) in [5.41, 5.74) is 2.34. The highest BCUT2D eigenvalue weighted by molar-refractivity contribution is 7.89. The van der Waals surface area contributed by atoms with E-state index in [1.807, 2.05) is 12.3 Å². The summed E-state index contributed by atoms with van der Waals surface area (Å²) in [6, 6.07) is 8.59. The van der Waals surface area contributed by atoms with E-state index in [4.69, 9.17) is 0 Å². The predicted octanol–water partition coefficient (Wildman–Crippen LogP) is 2.95. The Kier molecular flexibility index (Phi) is 5.19. The van der Waals surface area contributed by atoms with Gasteiger partial charge in [-0.2, -0.15) is 13.2 Å². The third kappa shape index (κ3) is 4.37. The number of rotatable bonds is 4. The van der Waals surface area contributed by atoms with Crippen LogP contribution in [0.1, 0.15) is 27.0 Å². The first-order valence-corrected chi connectivity index (χ1v) is 8.56. The van der Waals surface area contributed by atoms with Gasteiger partial charge in [-0.1, -0.05) is 29.8 Å². The summed E-state index contributed by atoms with van der Waals surface area (Å²) in [6.07, 6.45) is -4.84. The molecule has 0 aliphatic rings. The molecule has 134 valence electrons. The summed E-state index contributed by atoms with van der Waals surface area (Å²) in [5.74, 6) is -0.773. The molecule has 9 heteroatoms. The van der Waals surface area contributed by atoms with E-state index in [0.717, 1.165) is 23.8 Å². The van der Waals surface area contributed by atoms with Crippen LogP contribution in [0.15, 0.2) is 47.4 Å². The van der Waals surface area contributed by atoms with E-state index in [9.17, 15) is 26.4 Å². The van der Waals surface area contributed by atoms with Gasteiger partial charge in [0.2, 0.25) is 0 Å². The average molecular weight is 372 g/mol. The van der Waals surface area contributed by atoms with Crippen molar-refractivity contribution in [2.75, 3.05) is 0 Å². The smallest absolute Gasteiger partial charge is 0.273 e. The van der Waals surface area contributed by atoms with Crippen LogP contribution in [-0.4, -0.2) is 14.3 Å². The zero-order valence-corrected chi connectivity index (χ0v) is 14.1. The lowest BCUT2D eigenvalue weighted by Crippen LogP contribution is -2.42. The maximum atomic E-state index is 13.0. The van der Waals surface area contributed by atoms with Gasteiger partial charge in [0.15, 0.2) is 0 Å². The van der Waals surface area contributed by atoms with E-state index < -0.39 is 32.6 Å². The second-order valence-electron chi connectivity index (χ2n) is 5.37. The second-order valence-corrected chi connectivity index (χ2v) is 7.02. The van der Waals surface area contributed by atoms with Gasteiger partial charge in [-0.05, 0) is 37.6 Å². The molecular formula is C16H15F3N2O3S. The molecular weight excluding hydrogens is 357 g/mol. The second kappa shape index (κ2) is 6.85. The molecule has 2 aromatic carbocycles. The summed E-state index contributed by atoms with van der Waals surface area (Å²) in [6.45, 7) is 3.49. The quantitative estimate of drug-likeness (QED) is 0.811. The van der Waals surface area contributed by atoms with Crippen molar-refractivity contribution in [3.05, 3.63) is 64.7 Å². The number of alkyl halides is 3. The van der Waals surface area contributed by atoms with Crippen LogP contribution in [0.25, 0.3) is 0 Å². The zero-order chi connectivity index (χ0) is 18.8. The van der Waals surface area contributed by atoms with Crippen LogP contribution < -0.4 is 10.3 Å². The molecule has 0 saturated carbocycles. The van der Waals surface area contributed by atoms with Gasteiger partial charge in [0, 0.05) is 5.56 Å². The first-order chi connectivity index (χ1) is 11.5. The number of aryl methyl sites for hydroxylation is 2. The molecule has 2 N–H and O–H groups in total. The van der Waals surface area contributed by atoms with Crippen LogP contribution in [-0.2, 0) is 16.2 Å². The fraction of sp³-hybridized carbons (Fsp3) is 0.188. The number of hydrazine groups is 1. The fourth-order valence-corrected chi connectivity index (χ4v) is 3.31. The largest absolute Gasteiger partial charge is 0.417 e. The lowest BCUT2D eigenvalue weighted by molar-refractivity contribution is -0.139. The monoisotopic (exact) mass is 372 g/mol. The van der Waals surface area contributed by atoms with Crippen LogP contribution in [0.4, 0.5) is 13.2 Å². The molecule has 0 fully saturated rings. The molecule has 0 atom stereocenters. The topological polar surface area (TPSA) is 75.3 Å². The van der Waals surface area contributed by atoms with E-state index in [2.05, 4.69) is 0 Å². The van der Waals surface area contributed by atoms with Crippen LogP contribution in [0, 0.1) is 13.8 Å². The van der Waals surface area contributed by atoms with Gasteiger partial charge in [-0.15, -0.1) is 4.83 Å². The van der Waals surface area contributed by atoms with Crippen molar-refractivity contribution in [3.8, 4) is 0 Å². The third-order valence-electron chi connectivity index (χ3n) is 3.41. The Balaban J connectivity index is 2.24. The third-order valence-corrected chi connectivity index (χ3v) is 4.71. The Morgan fingerprint density at radius 2 is 1.68 bits per heavy atom. The van der Waals surface area contributed by atoms with Crippen LogP contribution in [0.3, 0.4) is 0 Å². The van der Waals surface area contributed by atoms with Gasteiger partial charge in [-0.25, -0.2) is 8.42 Å². The number of hydrogen-bond donors (Lipinski definition) is 2. The minimum Gasteiger partial charge on any atom is -0.273 e. The fourth-order valence-electron chi connectivity index (χ4n) is 2.24. The molecule has 2 aromatic rings. The van der Waals surface area contributed by atoms with Gasteiger partial charge in [0.25, 0.3) is 15.9 Å². The van der Waals surface area contributed by atoms with Gasteiger partial charge in [0.1, 0.15) is 0 Å². The SMILES string of the molecule is Cc1ccc(C(=O)NNS(=O)(=O)c2ccccc2C(F)(F)F)c(C)c1. The number of amides is 1. The number of benzene rings is 2. The molecule has 0 aromatic heterocycles. The van der Waals surface area contributed by atoms with Crippen molar-refractivity contribution in [2.24, 2.45) is 0 Å². The van der Waals surface area contributed by atoms with Crippen molar-refractivity contribution in [2.45, 2.75) is 24.9 Å². The van der Waals surface area contributed by atoms with Gasteiger partial charge in [-0.3, -0.25) is 10.2 Å². The van der Waals surface area contributed by atoms with Crippen molar-refractivity contribution < 1.29 is 26.4 Å². The Morgan fingerprint density at radius 1 is 1.04 bits per heavy atom. The summed E-state index contributed by atoms with van der Waals surface area (Å²) < 4.78 is 63.2. The average Bonchev–Trinajstić information content (AvgIpc) is 2.52. The first-order valence-electron chi connectivity index (χ1n) is 7.08. The molecule has 0 bridgehead atoms. The van der Waals surface area contributed by atoms with Crippen molar-refractivity contribution in [1.29, 1.82) is 0 Å². The lowest BCUT2D eigenvalue weighted by atomic mass is 10.1. The van der Waals surface area contributed by atoms with E-state index in [1.54, 1.807) is 23.9 Å². The van der Waals surface area contributed by atoms with Crippen LogP contribution in [0.5, 0.6) is 0 Å². The lowest BCUT2D eigenvalue weighted by Gasteiger charge is -2.14. The molecule has 2 rings (SSSR count). The van der Waals surface area contributed by atoms with Crippen LogP contribution >= 0.6 is 0 Å². The Hall–Kier alpha value is -2.39. The minimum absolute atomic E-state index is 0.206. The zero-order valence-electron chi connectivity index (χ0n) is 13.3. The number of sulfonamides is 1. The maximum Gasteiger partial charge on any atom is 0.417 e. The standard InChI is InChI=1S/C16H15F3N2O3S/c1-10-7-8-12(11(2)9-10)15(22)20-21-25(23,24)14-6-4-3-5-13(14)16(17,18)19/h3-9,21H,1-2H3,(H,20,22). The Bertz CT molecular complexity index is 909. The number of halogens is 3. The van der Waals surface area contributed by atoms with Crippen molar-refractivity contribution in [1.82, 2.24) is 10.3 Å². The number of carbonyl (C=O) groups excluding carboxylic acids is 1. The Labute approximate surface area is 142 Å². The van der Waals surface area contributed by atoms with Crippen LogP contribution in [0.2, 0.25) is 0 Å². The van der Waals surface area contributed by atoms with Crippen molar-refractivity contribution >= 4 is 15.9 Å². The molecule has 0 aliphatic heterocycles. The summed E-state index contributed by atoms with van der Waals surface area (Å²) in [5, 5.41) is 0. The highest BCUT2D eigenvalue weighted by Crippen LogP contribution is 2.33. The van der Waals surface area contributed by atoms with Crippen molar-refractivity contribution in [3.63, 3.8) is 0 Å². The molecule has 0 unspecified atom stereocenters. The number of carbonyl (C=O) groups is 1. The van der Waals surface area contributed by atoms with E-state index in [1.165, 1.54) is 6.07 Å². The summed E-state index contributed by atoms with van der Waals surface area (Å²) in [7, 11) is -4.60. The van der Waals surface area contributed by atoms with Gasteiger partial charge >= 0.3 is 6.18 Å². The summed E-state index contributed by atoms with van der Waals surface area (Å²) in [4.78, 5) is 12.8. The van der Waals surface area contributed by atoms with Gasteiger partial charge < -0.3 is 0 Å².